The Morgan fingerprint density at radius 3 is 3.09 bits per heavy atom. The predicted molar refractivity (Wildman–Crippen MR) is 87.9 cm³/mol. The van der Waals surface area contributed by atoms with Crippen molar-refractivity contribution in [2.45, 2.75) is 43.9 Å². The molecule has 0 aliphatic heterocycles. The third-order valence-electron chi connectivity index (χ3n) is 3.92. The van der Waals surface area contributed by atoms with Gasteiger partial charge < -0.3 is 9.73 Å². The maximum absolute atomic E-state index is 12.0. The van der Waals surface area contributed by atoms with E-state index in [0.717, 1.165) is 11.3 Å². The maximum atomic E-state index is 12.0. The normalized spacial score (nSPS) is 21.7. The summed E-state index contributed by atoms with van der Waals surface area (Å²) in [4.78, 5) is 13.0. The van der Waals surface area contributed by atoms with Gasteiger partial charge in [0.15, 0.2) is 0 Å². The molecule has 0 unspecified atom stereocenters. The molecule has 2 aromatic rings. The zero-order valence-electron chi connectivity index (χ0n) is 12.4. The minimum absolute atomic E-state index is 0.0413. The van der Waals surface area contributed by atoms with Crippen LogP contribution in [0.5, 0.6) is 0 Å². The highest BCUT2D eigenvalue weighted by Gasteiger charge is 2.23. The number of nitrogens with one attached hydrogen (secondary N) is 1. The van der Waals surface area contributed by atoms with Gasteiger partial charge in [0, 0.05) is 6.04 Å². The molecule has 7 heteroatoms. The first-order valence-corrected chi connectivity index (χ1v) is 9.38. The second-order valence-electron chi connectivity index (χ2n) is 5.57. The fourth-order valence-electron chi connectivity index (χ4n) is 2.67. The van der Waals surface area contributed by atoms with E-state index in [2.05, 4.69) is 22.4 Å². The van der Waals surface area contributed by atoms with Crippen molar-refractivity contribution in [1.82, 2.24) is 15.5 Å². The molecule has 5 nitrogen and oxygen atoms in total. The van der Waals surface area contributed by atoms with Crippen molar-refractivity contribution in [1.29, 1.82) is 0 Å². The molecule has 118 valence electrons. The molecular formula is C15H19N3O2S2. The molecule has 0 radical (unpaired) electrons. The molecule has 0 spiro atoms. The average molecular weight is 337 g/mol. The van der Waals surface area contributed by atoms with Crippen molar-refractivity contribution in [3.63, 3.8) is 0 Å². The summed E-state index contributed by atoms with van der Waals surface area (Å²) in [5.41, 5.74) is 0. The van der Waals surface area contributed by atoms with Crippen LogP contribution in [-0.2, 0) is 4.79 Å². The lowest BCUT2D eigenvalue weighted by Crippen LogP contribution is -2.41. The van der Waals surface area contributed by atoms with Crippen molar-refractivity contribution < 1.29 is 9.21 Å². The van der Waals surface area contributed by atoms with Crippen LogP contribution >= 0.6 is 23.1 Å². The summed E-state index contributed by atoms with van der Waals surface area (Å²) in [5.74, 6) is 1.44. The highest BCUT2D eigenvalue weighted by Crippen LogP contribution is 2.27. The van der Waals surface area contributed by atoms with E-state index in [9.17, 15) is 4.79 Å². The van der Waals surface area contributed by atoms with Gasteiger partial charge in [-0.2, -0.15) is 0 Å². The zero-order chi connectivity index (χ0) is 15.4. The molecule has 1 N–H and O–H groups in total. The van der Waals surface area contributed by atoms with Gasteiger partial charge in [-0.25, -0.2) is 0 Å². The molecule has 3 rings (SSSR count). The van der Waals surface area contributed by atoms with Crippen LogP contribution in [0.3, 0.4) is 0 Å². The van der Waals surface area contributed by atoms with Crippen molar-refractivity contribution in [2.75, 3.05) is 5.75 Å². The monoisotopic (exact) mass is 337 g/mol. The van der Waals surface area contributed by atoms with Crippen LogP contribution in [0.25, 0.3) is 10.8 Å². The second-order valence-corrected chi connectivity index (χ2v) is 7.45. The van der Waals surface area contributed by atoms with Crippen molar-refractivity contribution in [3.8, 4) is 10.8 Å². The zero-order valence-corrected chi connectivity index (χ0v) is 14.1. The summed E-state index contributed by atoms with van der Waals surface area (Å²) in [7, 11) is 0. The first-order valence-electron chi connectivity index (χ1n) is 7.52. The third kappa shape index (κ3) is 3.89. The number of carbonyl (C=O) groups is 1. The molecule has 1 fully saturated rings. The lowest BCUT2D eigenvalue weighted by Gasteiger charge is -2.29. The van der Waals surface area contributed by atoms with Gasteiger partial charge in [0.25, 0.3) is 11.1 Å². The van der Waals surface area contributed by atoms with E-state index in [-0.39, 0.29) is 5.91 Å². The summed E-state index contributed by atoms with van der Waals surface area (Å²) in [6, 6.07) is 4.19. The Bertz CT molecular complexity index is 612. The second kappa shape index (κ2) is 7.28. The Hall–Kier alpha value is -1.34. The lowest BCUT2D eigenvalue weighted by atomic mass is 9.86. The predicted octanol–water partition coefficient (Wildman–Crippen LogP) is 3.59. The summed E-state index contributed by atoms with van der Waals surface area (Å²) < 4.78 is 5.56. The first kappa shape index (κ1) is 15.6. The molecule has 1 aliphatic carbocycles. The van der Waals surface area contributed by atoms with E-state index in [0.29, 0.717) is 28.8 Å². The van der Waals surface area contributed by atoms with Gasteiger partial charge in [0.2, 0.25) is 5.91 Å². The molecule has 2 aromatic heterocycles. The number of nitrogens with zero attached hydrogens (tertiary/aromatic N) is 2. The highest BCUT2D eigenvalue weighted by molar-refractivity contribution is 7.99. The van der Waals surface area contributed by atoms with E-state index in [1.807, 2.05) is 17.5 Å². The van der Waals surface area contributed by atoms with E-state index < -0.39 is 0 Å². The molecule has 22 heavy (non-hydrogen) atoms. The van der Waals surface area contributed by atoms with Crippen LogP contribution in [0, 0.1) is 5.92 Å². The Kier molecular flexibility index (Phi) is 5.15. The number of aromatic nitrogens is 2. The van der Waals surface area contributed by atoms with Gasteiger partial charge in [-0.1, -0.05) is 37.6 Å². The molecule has 1 aliphatic rings. The standard InChI is InChI=1S/C15H19N3O2S2/c1-10-5-2-3-6-11(10)16-13(19)9-22-15-18-17-14(20-15)12-7-4-8-21-12/h4,7-8,10-11H,2-3,5-6,9H2,1H3,(H,16,19)/t10-,11+/m0/s1. The molecule has 0 bridgehead atoms. The van der Waals surface area contributed by atoms with Gasteiger partial charge in [-0.15, -0.1) is 21.5 Å². The van der Waals surface area contributed by atoms with Crippen LogP contribution in [0.4, 0.5) is 0 Å². The third-order valence-corrected chi connectivity index (χ3v) is 5.60. The molecule has 0 saturated heterocycles. The number of carbonyl (C=O) groups excluding carboxylic acids is 1. The molecule has 0 aromatic carbocycles. The van der Waals surface area contributed by atoms with Crippen LogP contribution in [0.15, 0.2) is 27.2 Å². The SMILES string of the molecule is C[C@H]1CCCC[C@H]1NC(=O)CSc1nnc(-c2cccs2)o1. The van der Waals surface area contributed by atoms with Crippen LogP contribution in [-0.4, -0.2) is 27.9 Å². The van der Waals surface area contributed by atoms with Crippen LogP contribution in [0.1, 0.15) is 32.6 Å². The van der Waals surface area contributed by atoms with E-state index in [1.165, 1.54) is 31.0 Å². The Morgan fingerprint density at radius 1 is 1.45 bits per heavy atom. The molecule has 2 heterocycles. The van der Waals surface area contributed by atoms with Crippen LogP contribution < -0.4 is 5.32 Å². The number of thiophene rings is 1. The Morgan fingerprint density at radius 2 is 2.32 bits per heavy atom. The van der Waals surface area contributed by atoms with Crippen molar-refractivity contribution in [3.05, 3.63) is 17.5 Å². The van der Waals surface area contributed by atoms with E-state index in [4.69, 9.17) is 4.42 Å². The van der Waals surface area contributed by atoms with Crippen molar-refractivity contribution in [2.24, 2.45) is 5.92 Å². The number of hydrogen-bond acceptors (Lipinski definition) is 6. The van der Waals surface area contributed by atoms with Gasteiger partial charge in [0.05, 0.1) is 10.6 Å². The Balaban J connectivity index is 1.49. The summed E-state index contributed by atoms with van der Waals surface area (Å²) in [6.45, 7) is 2.21. The van der Waals surface area contributed by atoms with Crippen LogP contribution in [0.2, 0.25) is 0 Å². The number of rotatable bonds is 5. The molecule has 1 saturated carbocycles. The van der Waals surface area contributed by atoms with Gasteiger partial charge in [-0.05, 0) is 30.2 Å². The summed E-state index contributed by atoms with van der Waals surface area (Å²) in [6.07, 6.45) is 4.76. The maximum Gasteiger partial charge on any atom is 0.277 e. The summed E-state index contributed by atoms with van der Waals surface area (Å²) in [5, 5.41) is 13.5. The lowest BCUT2D eigenvalue weighted by molar-refractivity contribution is -0.119. The summed E-state index contributed by atoms with van der Waals surface area (Å²) >= 11 is 2.84. The fraction of sp³-hybridized carbons (Fsp3) is 0.533. The number of amides is 1. The van der Waals surface area contributed by atoms with Gasteiger partial charge in [0.1, 0.15) is 0 Å². The average Bonchev–Trinajstić information content (AvgIpc) is 3.18. The fourth-order valence-corrected chi connectivity index (χ4v) is 3.89. The number of thioether (sulfide) groups is 1. The molecule has 2 atom stereocenters. The first-order chi connectivity index (χ1) is 10.7. The number of hydrogen-bond donors (Lipinski definition) is 1. The quantitative estimate of drug-likeness (QED) is 0.845. The van der Waals surface area contributed by atoms with Crippen molar-refractivity contribution >= 4 is 29.0 Å². The minimum Gasteiger partial charge on any atom is -0.410 e. The van der Waals surface area contributed by atoms with E-state index >= 15 is 0 Å². The largest absolute Gasteiger partial charge is 0.410 e. The Labute approximate surface area is 137 Å². The van der Waals surface area contributed by atoms with Gasteiger partial charge >= 0.3 is 0 Å². The van der Waals surface area contributed by atoms with Gasteiger partial charge in [-0.3, -0.25) is 4.79 Å². The molecular weight excluding hydrogens is 318 g/mol. The van der Waals surface area contributed by atoms with E-state index in [1.54, 1.807) is 11.3 Å². The highest BCUT2D eigenvalue weighted by atomic mass is 32.2. The minimum atomic E-state index is 0.0413. The smallest absolute Gasteiger partial charge is 0.277 e. The molecule has 1 amide bonds. The topological polar surface area (TPSA) is 68.0 Å².